The molecule has 1 amide bonds. The van der Waals surface area contributed by atoms with E-state index in [1.54, 1.807) is 6.92 Å². The molecule has 0 bridgehead atoms. The minimum absolute atomic E-state index is 0.0635. The minimum atomic E-state index is -0.395. The third kappa shape index (κ3) is 6.97. The van der Waals surface area contributed by atoms with Crippen LogP contribution in [0.4, 0.5) is 4.79 Å². The van der Waals surface area contributed by atoms with Gasteiger partial charge in [-0.15, -0.1) is 0 Å². The van der Waals surface area contributed by atoms with Crippen molar-refractivity contribution in [1.29, 1.82) is 0 Å². The summed E-state index contributed by atoms with van der Waals surface area (Å²) in [5.74, 6) is 0. The highest BCUT2D eigenvalue weighted by molar-refractivity contribution is 5.67. The summed E-state index contributed by atoms with van der Waals surface area (Å²) in [5, 5.41) is 2.59. The topological polar surface area (TPSA) is 56.8 Å². The van der Waals surface area contributed by atoms with Crippen LogP contribution in [0.25, 0.3) is 0 Å². The molecule has 1 saturated heterocycles. The third-order valence-electron chi connectivity index (χ3n) is 2.32. The molecule has 0 aromatic carbocycles. The Kier molecular flexibility index (Phi) is 7.42. The first kappa shape index (κ1) is 14.0. The Bertz CT molecular complexity index is 237. The van der Waals surface area contributed by atoms with Crippen LogP contribution in [0.5, 0.6) is 0 Å². The van der Waals surface area contributed by atoms with Gasteiger partial charge in [-0.1, -0.05) is 12.2 Å². The molecule has 1 fully saturated rings. The fraction of sp³-hybridized carbons (Fsp3) is 0.750. The van der Waals surface area contributed by atoms with Crippen molar-refractivity contribution in [3.63, 3.8) is 0 Å². The number of hydrogen-bond donors (Lipinski definition) is 1. The van der Waals surface area contributed by atoms with E-state index in [-0.39, 0.29) is 6.29 Å². The molecule has 1 aliphatic rings. The number of hydrogen-bond acceptors (Lipinski definition) is 4. The number of ether oxygens (including phenoxy) is 3. The van der Waals surface area contributed by atoms with Gasteiger partial charge in [-0.3, -0.25) is 0 Å². The Labute approximate surface area is 102 Å². The molecule has 5 nitrogen and oxygen atoms in total. The van der Waals surface area contributed by atoms with E-state index >= 15 is 0 Å². The summed E-state index contributed by atoms with van der Waals surface area (Å²) < 4.78 is 15.6. The fourth-order valence-electron chi connectivity index (χ4n) is 1.48. The quantitative estimate of drug-likeness (QED) is 0.723. The second-order valence-electron chi connectivity index (χ2n) is 3.70. The van der Waals surface area contributed by atoms with Gasteiger partial charge in [-0.05, 0) is 26.2 Å². The number of carbonyl (C=O) groups is 1. The van der Waals surface area contributed by atoms with Gasteiger partial charge in [-0.2, -0.15) is 0 Å². The zero-order valence-electron chi connectivity index (χ0n) is 10.3. The number of rotatable bonds is 6. The number of amides is 1. The van der Waals surface area contributed by atoms with Crippen LogP contribution in [-0.2, 0) is 14.2 Å². The highest BCUT2D eigenvalue weighted by Gasteiger charge is 2.12. The fourth-order valence-corrected chi connectivity index (χ4v) is 1.48. The van der Waals surface area contributed by atoms with E-state index in [9.17, 15) is 4.79 Å². The third-order valence-corrected chi connectivity index (χ3v) is 2.32. The molecule has 17 heavy (non-hydrogen) atoms. The van der Waals surface area contributed by atoms with Crippen LogP contribution >= 0.6 is 0 Å². The Hall–Kier alpha value is -1.07. The molecular weight excluding hydrogens is 222 g/mol. The van der Waals surface area contributed by atoms with Crippen molar-refractivity contribution in [2.75, 3.05) is 26.4 Å². The zero-order valence-corrected chi connectivity index (χ0v) is 10.3. The van der Waals surface area contributed by atoms with Gasteiger partial charge in [0.15, 0.2) is 6.29 Å². The normalized spacial score (nSPS) is 20.4. The van der Waals surface area contributed by atoms with Gasteiger partial charge in [-0.25, -0.2) is 4.79 Å². The Morgan fingerprint density at radius 2 is 2.35 bits per heavy atom. The summed E-state index contributed by atoms with van der Waals surface area (Å²) >= 11 is 0. The lowest BCUT2D eigenvalue weighted by Gasteiger charge is -2.21. The first-order chi connectivity index (χ1) is 8.33. The molecule has 0 aromatic heterocycles. The Balaban J connectivity index is 1.96. The molecule has 0 saturated carbocycles. The second kappa shape index (κ2) is 9.01. The minimum Gasteiger partial charge on any atom is -0.450 e. The lowest BCUT2D eigenvalue weighted by Crippen LogP contribution is -2.24. The number of carbonyl (C=O) groups excluding carboxylic acids is 1. The summed E-state index contributed by atoms with van der Waals surface area (Å²) in [4.78, 5) is 10.9. The molecule has 5 heteroatoms. The summed E-state index contributed by atoms with van der Waals surface area (Å²) in [7, 11) is 0. The molecule has 0 aliphatic carbocycles. The molecule has 0 aromatic rings. The molecule has 0 spiro atoms. The van der Waals surface area contributed by atoms with Crippen LogP contribution in [-0.4, -0.2) is 38.7 Å². The van der Waals surface area contributed by atoms with Crippen molar-refractivity contribution in [3.05, 3.63) is 12.2 Å². The maximum absolute atomic E-state index is 10.9. The standard InChI is InChI=1S/C12H21NO4/c1-2-15-12(14)13-8-4-6-10-17-11-7-3-5-9-16-11/h4,6,11H,2-3,5,7-10H2,1H3,(H,13,14)/b6-4-/t11-/m1/s1. The average Bonchev–Trinajstić information content (AvgIpc) is 2.35. The molecule has 1 rings (SSSR count). The van der Waals surface area contributed by atoms with E-state index in [0.717, 1.165) is 19.4 Å². The summed E-state index contributed by atoms with van der Waals surface area (Å²) in [5.41, 5.74) is 0. The largest absolute Gasteiger partial charge is 0.450 e. The zero-order chi connectivity index (χ0) is 12.3. The number of alkyl carbamates (subject to hydrolysis) is 1. The molecule has 1 heterocycles. The Morgan fingerprint density at radius 1 is 1.47 bits per heavy atom. The molecule has 0 radical (unpaired) electrons. The van der Waals surface area contributed by atoms with Gasteiger partial charge in [0, 0.05) is 13.2 Å². The van der Waals surface area contributed by atoms with Crippen molar-refractivity contribution in [3.8, 4) is 0 Å². The van der Waals surface area contributed by atoms with Gasteiger partial charge in [0.25, 0.3) is 0 Å². The summed E-state index contributed by atoms with van der Waals surface area (Å²) in [6.07, 6.45) is 6.50. The Morgan fingerprint density at radius 3 is 3.06 bits per heavy atom. The smallest absolute Gasteiger partial charge is 0.407 e. The first-order valence-electron chi connectivity index (χ1n) is 6.11. The molecule has 0 unspecified atom stereocenters. The van der Waals surface area contributed by atoms with Crippen molar-refractivity contribution < 1.29 is 19.0 Å². The van der Waals surface area contributed by atoms with Crippen LogP contribution < -0.4 is 5.32 Å². The van der Waals surface area contributed by atoms with Crippen molar-refractivity contribution in [2.45, 2.75) is 32.5 Å². The highest BCUT2D eigenvalue weighted by atomic mass is 16.7. The predicted molar refractivity (Wildman–Crippen MR) is 63.7 cm³/mol. The maximum atomic E-state index is 10.9. The lowest BCUT2D eigenvalue weighted by molar-refractivity contribution is -0.155. The van der Waals surface area contributed by atoms with E-state index in [1.807, 2.05) is 12.2 Å². The SMILES string of the molecule is CCOC(=O)NC/C=C\CO[C@@H]1CCCCO1. The van der Waals surface area contributed by atoms with Crippen LogP contribution in [0.3, 0.4) is 0 Å². The van der Waals surface area contributed by atoms with E-state index in [0.29, 0.717) is 19.8 Å². The van der Waals surface area contributed by atoms with Gasteiger partial charge < -0.3 is 19.5 Å². The summed E-state index contributed by atoms with van der Waals surface area (Å²) in [6.45, 7) is 3.91. The van der Waals surface area contributed by atoms with Gasteiger partial charge in [0.2, 0.25) is 0 Å². The van der Waals surface area contributed by atoms with Crippen molar-refractivity contribution in [2.24, 2.45) is 0 Å². The molecule has 1 aliphatic heterocycles. The molecule has 1 N–H and O–H groups in total. The van der Waals surface area contributed by atoms with Gasteiger partial charge >= 0.3 is 6.09 Å². The lowest BCUT2D eigenvalue weighted by atomic mass is 10.2. The van der Waals surface area contributed by atoms with Crippen LogP contribution in [0.1, 0.15) is 26.2 Å². The van der Waals surface area contributed by atoms with E-state index in [2.05, 4.69) is 5.32 Å². The predicted octanol–water partition coefficient (Wildman–Crippen LogP) is 1.83. The van der Waals surface area contributed by atoms with Crippen LogP contribution in [0.15, 0.2) is 12.2 Å². The average molecular weight is 243 g/mol. The second-order valence-corrected chi connectivity index (χ2v) is 3.70. The van der Waals surface area contributed by atoms with E-state index in [1.165, 1.54) is 6.42 Å². The molecule has 1 atom stereocenters. The van der Waals surface area contributed by atoms with Crippen molar-refractivity contribution >= 4 is 6.09 Å². The maximum Gasteiger partial charge on any atom is 0.407 e. The molecule has 98 valence electrons. The monoisotopic (exact) mass is 243 g/mol. The van der Waals surface area contributed by atoms with E-state index < -0.39 is 6.09 Å². The van der Waals surface area contributed by atoms with Gasteiger partial charge in [0.05, 0.1) is 13.2 Å². The van der Waals surface area contributed by atoms with Crippen LogP contribution in [0, 0.1) is 0 Å². The van der Waals surface area contributed by atoms with Crippen molar-refractivity contribution in [1.82, 2.24) is 5.32 Å². The molecular formula is C12H21NO4. The highest BCUT2D eigenvalue weighted by Crippen LogP contribution is 2.13. The first-order valence-corrected chi connectivity index (χ1v) is 6.11. The van der Waals surface area contributed by atoms with Gasteiger partial charge in [0.1, 0.15) is 0 Å². The van der Waals surface area contributed by atoms with E-state index in [4.69, 9.17) is 14.2 Å². The summed E-state index contributed by atoms with van der Waals surface area (Å²) in [6, 6.07) is 0. The van der Waals surface area contributed by atoms with Crippen LogP contribution in [0.2, 0.25) is 0 Å². The number of nitrogens with one attached hydrogen (secondary N) is 1.